The maximum absolute atomic E-state index is 11.2. The van der Waals surface area contributed by atoms with Crippen molar-refractivity contribution >= 4 is 5.78 Å². The number of hydrogen-bond acceptors (Lipinski definition) is 3. The van der Waals surface area contributed by atoms with Gasteiger partial charge in [0.1, 0.15) is 6.33 Å². The van der Waals surface area contributed by atoms with Gasteiger partial charge in [-0.3, -0.25) is 4.79 Å². The van der Waals surface area contributed by atoms with Crippen LogP contribution in [0, 0.1) is 0 Å². The topological polar surface area (TPSA) is 42.9 Å². The van der Waals surface area contributed by atoms with Crippen molar-refractivity contribution < 1.29 is 4.79 Å². The molecule has 3 heteroatoms. The van der Waals surface area contributed by atoms with Crippen molar-refractivity contribution in [3.63, 3.8) is 0 Å². The minimum absolute atomic E-state index is 0.0610. The largest absolute Gasteiger partial charge is 0.295 e. The van der Waals surface area contributed by atoms with Crippen LogP contribution in [0.5, 0.6) is 0 Å². The van der Waals surface area contributed by atoms with Gasteiger partial charge in [-0.05, 0) is 19.1 Å². The summed E-state index contributed by atoms with van der Waals surface area (Å²) >= 11 is 0. The predicted octanol–water partition coefficient (Wildman–Crippen LogP) is 2.35. The first-order valence-corrected chi connectivity index (χ1v) is 4.65. The number of aromatic nitrogens is 2. The molecule has 2 rings (SSSR count). The maximum Gasteiger partial charge on any atom is 0.159 e. The van der Waals surface area contributed by atoms with Crippen LogP contribution in [0.25, 0.3) is 11.3 Å². The van der Waals surface area contributed by atoms with Crippen LogP contribution in [0.1, 0.15) is 17.3 Å². The number of rotatable bonds is 2. The molecule has 3 nitrogen and oxygen atoms in total. The summed E-state index contributed by atoms with van der Waals surface area (Å²) in [7, 11) is 0. The van der Waals surface area contributed by atoms with E-state index in [0.29, 0.717) is 5.56 Å². The van der Waals surface area contributed by atoms with Crippen molar-refractivity contribution in [3.05, 3.63) is 48.4 Å². The number of nitrogens with zero attached hydrogens (tertiary/aromatic N) is 2. The molecule has 1 heterocycles. The van der Waals surface area contributed by atoms with E-state index in [1.807, 2.05) is 24.3 Å². The summed E-state index contributed by atoms with van der Waals surface area (Å²) in [6.45, 7) is 1.55. The Labute approximate surface area is 87.8 Å². The maximum atomic E-state index is 11.2. The van der Waals surface area contributed by atoms with Crippen LogP contribution in [0.3, 0.4) is 0 Å². The second-order valence-electron chi connectivity index (χ2n) is 3.23. The molecule has 0 atom stereocenters. The van der Waals surface area contributed by atoms with Crippen molar-refractivity contribution in [1.82, 2.24) is 9.97 Å². The predicted molar refractivity (Wildman–Crippen MR) is 57.5 cm³/mol. The fourth-order valence-electron chi connectivity index (χ4n) is 1.36. The summed E-state index contributed by atoms with van der Waals surface area (Å²) in [6, 6.07) is 9.24. The summed E-state index contributed by atoms with van der Waals surface area (Å²) in [5.41, 5.74) is 2.46. The van der Waals surface area contributed by atoms with E-state index >= 15 is 0 Å². The Balaban J connectivity index is 2.46. The van der Waals surface area contributed by atoms with Crippen molar-refractivity contribution in [3.8, 4) is 11.3 Å². The quantitative estimate of drug-likeness (QED) is 0.695. The number of carbonyl (C=O) groups excluding carboxylic acids is 1. The van der Waals surface area contributed by atoms with Gasteiger partial charge in [0, 0.05) is 17.3 Å². The highest BCUT2D eigenvalue weighted by atomic mass is 16.1. The van der Waals surface area contributed by atoms with Gasteiger partial charge in [-0.2, -0.15) is 0 Å². The van der Waals surface area contributed by atoms with Crippen LogP contribution >= 0.6 is 0 Å². The first kappa shape index (κ1) is 9.52. The Bertz CT molecular complexity index is 480. The number of carbonyl (C=O) groups is 1. The Kier molecular flexibility index (Phi) is 2.54. The number of ketones is 1. The summed E-state index contributed by atoms with van der Waals surface area (Å²) in [5, 5.41) is 0. The normalized spacial score (nSPS) is 9.93. The van der Waals surface area contributed by atoms with Gasteiger partial charge >= 0.3 is 0 Å². The SMILES string of the molecule is CC(=O)c1cccc(-c2ccncn2)c1. The zero-order chi connectivity index (χ0) is 10.7. The van der Waals surface area contributed by atoms with E-state index in [1.54, 1.807) is 19.2 Å². The van der Waals surface area contributed by atoms with E-state index in [4.69, 9.17) is 0 Å². The molecular weight excluding hydrogens is 188 g/mol. The molecule has 0 radical (unpaired) electrons. The lowest BCUT2D eigenvalue weighted by Crippen LogP contribution is -1.92. The number of benzene rings is 1. The van der Waals surface area contributed by atoms with Gasteiger partial charge < -0.3 is 0 Å². The molecule has 0 aliphatic carbocycles. The van der Waals surface area contributed by atoms with Gasteiger partial charge in [0.2, 0.25) is 0 Å². The summed E-state index contributed by atoms with van der Waals surface area (Å²) in [6.07, 6.45) is 3.18. The molecule has 0 aliphatic heterocycles. The van der Waals surface area contributed by atoms with Crippen LogP contribution in [0.15, 0.2) is 42.9 Å². The molecule has 0 N–H and O–H groups in total. The lowest BCUT2D eigenvalue weighted by molar-refractivity contribution is 0.101. The monoisotopic (exact) mass is 198 g/mol. The molecule has 0 aliphatic rings. The van der Waals surface area contributed by atoms with E-state index in [1.165, 1.54) is 6.33 Å². The third-order valence-electron chi connectivity index (χ3n) is 2.15. The van der Waals surface area contributed by atoms with Crippen LogP contribution in [0.2, 0.25) is 0 Å². The Morgan fingerprint density at radius 3 is 2.80 bits per heavy atom. The zero-order valence-corrected chi connectivity index (χ0v) is 8.34. The molecule has 15 heavy (non-hydrogen) atoms. The molecule has 1 aromatic carbocycles. The second kappa shape index (κ2) is 4.00. The minimum Gasteiger partial charge on any atom is -0.295 e. The van der Waals surface area contributed by atoms with Crippen molar-refractivity contribution in [2.75, 3.05) is 0 Å². The summed E-state index contributed by atoms with van der Waals surface area (Å²) in [4.78, 5) is 19.2. The van der Waals surface area contributed by atoms with E-state index in [9.17, 15) is 4.79 Å². The van der Waals surface area contributed by atoms with Crippen molar-refractivity contribution in [1.29, 1.82) is 0 Å². The minimum atomic E-state index is 0.0610. The highest BCUT2D eigenvalue weighted by molar-refractivity contribution is 5.95. The fraction of sp³-hybridized carbons (Fsp3) is 0.0833. The van der Waals surface area contributed by atoms with E-state index in [0.717, 1.165) is 11.3 Å². The summed E-state index contributed by atoms with van der Waals surface area (Å²) in [5.74, 6) is 0.0610. The van der Waals surface area contributed by atoms with Crippen molar-refractivity contribution in [2.24, 2.45) is 0 Å². The third-order valence-corrected chi connectivity index (χ3v) is 2.15. The van der Waals surface area contributed by atoms with E-state index in [2.05, 4.69) is 9.97 Å². The Morgan fingerprint density at radius 1 is 1.27 bits per heavy atom. The average Bonchev–Trinajstić information content (AvgIpc) is 2.30. The van der Waals surface area contributed by atoms with Crippen LogP contribution in [0.4, 0.5) is 0 Å². The van der Waals surface area contributed by atoms with E-state index in [-0.39, 0.29) is 5.78 Å². The lowest BCUT2D eigenvalue weighted by Gasteiger charge is -2.01. The lowest BCUT2D eigenvalue weighted by atomic mass is 10.1. The molecule has 0 saturated heterocycles. The third kappa shape index (κ3) is 2.07. The van der Waals surface area contributed by atoms with Crippen LogP contribution < -0.4 is 0 Å². The molecule has 1 aromatic heterocycles. The molecule has 2 aromatic rings. The van der Waals surface area contributed by atoms with Gasteiger partial charge in [0.15, 0.2) is 5.78 Å². The molecule has 0 bridgehead atoms. The zero-order valence-electron chi connectivity index (χ0n) is 8.34. The fourth-order valence-corrected chi connectivity index (χ4v) is 1.36. The van der Waals surface area contributed by atoms with Gasteiger partial charge in [-0.1, -0.05) is 18.2 Å². The average molecular weight is 198 g/mol. The molecule has 0 spiro atoms. The van der Waals surface area contributed by atoms with Crippen LogP contribution in [-0.2, 0) is 0 Å². The molecule has 0 saturated carbocycles. The van der Waals surface area contributed by atoms with Crippen LogP contribution in [-0.4, -0.2) is 15.8 Å². The number of hydrogen-bond donors (Lipinski definition) is 0. The van der Waals surface area contributed by atoms with Crippen molar-refractivity contribution in [2.45, 2.75) is 6.92 Å². The van der Waals surface area contributed by atoms with Gasteiger partial charge in [0.25, 0.3) is 0 Å². The Morgan fingerprint density at radius 2 is 2.13 bits per heavy atom. The van der Waals surface area contributed by atoms with Gasteiger partial charge in [-0.25, -0.2) is 9.97 Å². The van der Waals surface area contributed by atoms with E-state index < -0.39 is 0 Å². The first-order valence-electron chi connectivity index (χ1n) is 4.65. The second-order valence-corrected chi connectivity index (χ2v) is 3.23. The molecular formula is C12H10N2O. The number of Topliss-reactive ketones (excluding diaryl/α,β-unsaturated/α-hetero) is 1. The first-order chi connectivity index (χ1) is 7.27. The molecule has 0 amide bonds. The molecule has 0 unspecified atom stereocenters. The highest BCUT2D eigenvalue weighted by Crippen LogP contribution is 2.17. The standard InChI is InChI=1S/C12H10N2O/c1-9(15)10-3-2-4-11(7-10)12-5-6-13-8-14-12/h2-8H,1H3. The molecule has 0 fully saturated rings. The Hall–Kier alpha value is -2.03. The van der Waals surface area contributed by atoms with Gasteiger partial charge in [0.05, 0.1) is 5.69 Å². The summed E-state index contributed by atoms with van der Waals surface area (Å²) < 4.78 is 0. The van der Waals surface area contributed by atoms with Gasteiger partial charge in [-0.15, -0.1) is 0 Å². The highest BCUT2D eigenvalue weighted by Gasteiger charge is 2.02. The smallest absolute Gasteiger partial charge is 0.159 e. The molecule has 74 valence electrons.